The minimum Gasteiger partial charge on any atom is -0.497 e. The molecule has 0 saturated carbocycles. The number of nitrogen functional groups attached to an aromatic ring is 1. The van der Waals surface area contributed by atoms with E-state index in [2.05, 4.69) is 10.2 Å². The standard InChI is InChI=1S/C13H19N3O2/c1-16-6-5-9(8-16)13(17)15-12-7-10(18-2)3-4-11(12)14/h3-4,7,9H,5-6,8,14H2,1-2H3,(H,15,17). The van der Waals surface area contributed by atoms with Gasteiger partial charge in [0.05, 0.1) is 24.4 Å². The number of methoxy groups -OCH3 is 1. The van der Waals surface area contributed by atoms with Crippen LogP contribution in [0.4, 0.5) is 11.4 Å². The molecule has 5 heteroatoms. The van der Waals surface area contributed by atoms with Crippen LogP contribution in [0.2, 0.25) is 0 Å². The molecule has 1 aliphatic heterocycles. The fourth-order valence-electron chi connectivity index (χ4n) is 2.15. The maximum atomic E-state index is 12.1. The summed E-state index contributed by atoms with van der Waals surface area (Å²) >= 11 is 0. The number of amides is 1. The van der Waals surface area contributed by atoms with Crippen molar-refractivity contribution in [2.45, 2.75) is 6.42 Å². The van der Waals surface area contributed by atoms with E-state index in [0.717, 1.165) is 19.5 Å². The molecule has 3 N–H and O–H groups in total. The second-order valence-electron chi connectivity index (χ2n) is 4.69. The first-order chi connectivity index (χ1) is 8.60. The Labute approximate surface area is 107 Å². The van der Waals surface area contributed by atoms with E-state index in [4.69, 9.17) is 10.5 Å². The largest absolute Gasteiger partial charge is 0.497 e. The molecule has 1 aromatic rings. The second-order valence-corrected chi connectivity index (χ2v) is 4.69. The van der Waals surface area contributed by atoms with E-state index in [9.17, 15) is 4.79 Å². The van der Waals surface area contributed by atoms with E-state index in [0.29, 0.717) is 17.1 Å². The molecule has 0 bridgehead atoms. The van der Waals surface area contributed by atoms with E-state index < -0.39 is 0 Å². The normalized spacial score (nSPS) is 19.8. The highest BCUT2D eigenvalue weighted by molar-refractivity contribution is 5.95. The van der Waals surface area contributed by atoms with Gasteiger partial charge in [-0.1, -0.05) is 0 Å². The monoisotopic (exact) mass is 249 g/mol. The van der Waals surface area contributed by atoms with Crippen LogP contribution < -0.4 is 15.8 Å². The lowest BCUT2D eigenvalue weighted by atomic mass is 10.1. The van der Waals surface area contributed by atoms with Crippen molar-refractivity contribution < 1.29 is 9.53 Å². The molecule has 0 aliphatic carbocycles. The number of nitrogens with two attached hydrogens (primary N) is 1. The number of nitrogens with zero attached hydrogens (tertiary/aromatic N) is 1. The van der Waals surface area contributed by atoms with Gasteiger partial charge in [-0.05, 0) is 32.1 Å². The molecule has 0 spiro atoms. The lowest BCUT2D eigenvalue weighted by molar-refractivity contribution is -0.119. The van der Waals surface area contributed by atoms with Gasteiger partial charge >= 0.3 is 0 Å². The van der Waals surface area contributed by atoms with Crippen molar-refractivity contribution in [2.75, 3.05) is 38.3 Å². The van der Waals surface area contributed by atoms with Gasteiger partial charge in [-0.15, -0.1) is 0 Å². The SMILES string of the molecule is COc1ccc(N)c(NC(=O)C2CCN(C)C2)c1. The van der Waals surface area contributed by atoms with Gasteiger partial charge in [-0.3, -0.25) is 4.79 Å². The van der Waals surface area contributed by atoms with Crippen LogP contribution >= 0.6 is 0 Å². The van der Waals surface area contributed by atoms with Crippen molar-refractivity contribution in [3.63, 3.8) is 0 Å². The Morgan fingerprint density at radius 2 is 2.33 bits per heavy atom. The first-order valence-corrected chi connectivity index (χ1v) is 6.03. The van der Waals surface area contributed by atoms with Gasteiger partial charge in [0.1, 0.15) is 5.75 Å². The van der Waals surface area contributed by atoms with Crippen molar-refractivity contribution in [1.29, 1.82) is 0 Å². The maximum absolute atomic E-state index is 12.1. The Morgan fingerprint density at radius 3 is 2.94 bits per heavy atom. The summed E-state index contributed by atoms with van der Waals surface area (Å²) in [6.45, 7) is 1.77. The highest BCUT2D eigenvalue weighted by Crippen LogP contribution is 2.25. The number of hydrogen-bond donors (Lipinski definition) is 2. The van der Waals surface area contributed by atoms with E-state index in [-0.39, 0.29) is 11.8 Å². The molecule has 18 heavy (non-hydrogen) atoms. The summed E-state index contributed by atoms with van der Waals surface area (Å²) in [6, 6.07) is 5.25. The molecule has 1 saturated heterocycles. The number of hydrogen-bond acceptors (Lipinski definition) is 4. The van der Waals surface area contributed by atoms with E-state index >= 15 is 0 Å². The molecule has 1 aliphatic rings. The van der Waals surface area contributed by atoms with Crippen LogP contribution in [0.25, 0.3) is 0 Å². The van der Waals surface area contributed by atoms with Gasteiger partial charge in [0.2, 0.25) is 5.91 Å². The van der Waals surface area contributed by atoms with E-state index in [1.54, 1.807) is 25.3 Å². The van der Waals surface area contributed by atoms with Crippen LogP contribution in [0.5, 0.6) is 5.75 Å². The molecular weight excluding hydrogens is 230 g/mol. The van der Waals surface area contributed by atoms with Crippen molar-refractivity contribution in [1.82, 2.24) is 4.90 Å². The fourth-order valence-corrected chi connectivity index (χ4v) is 2.15. The smallest absolute Gasteiger partial charge is 0.228 e. The minimum atomic E-state index is 0.0271. The summed E-state index contributed by atoms with van der Waals surface area (Å²) in [7, 11) is 3.61. The highest BCUT2D eigenvalue weighted by Gasteiger charge is 2.26. The molecule has 1 fully saturated rings. The first-order valence-electron chi connectivity index (χ1n) is 6.03. The Kier molecular flexibility index (Phi) is 3.72. The number of anilines is 2. The predicted octanol–water partition coefficient (Wildman–Crippen LogP) is 1.17. The van der Waals surface area contributed by atoms with Gasteiger partial charge in [0.15, 0.2) is 0 Å². The third kappa shape index (κ3) is 2.73. The predicted molar refractivity (Wildman–Crippen MR) is 71.6 cm³/mol. The molecule has 1 unspecified atom stereocenters. The summed E-state index contributed by atoms with van der Waals surface area (Å²) in [5, 5.41) is 2.88. The van der Waals surface area contributed by atoms with Gasteiger partial charge in [0, 0.05) is 12.6 Å². The Balaban J connectivity index is 2.06. The zero-order chi connectivity index (χ0) is 13.1. The number of nitrogens with one attached hydrogen (secondary N) is 1. The van der Waals surface area contributed by atoms with Crippen molar-refractivity contribution in [2.24, 2.45) is 5.92 Å². The van der Waals surface area contributed by atoms with Gasteiger partial charge < -0.3 is 20.7 Å². The Bertz CT molecular complexity index is 448. The number of carbonyl (C=O) groups excluding carboxylic acids is 1. The molecule has 0 radical (unpaired) electrons. The van der Waals surface area contributed by atoms with Crippen LogP contribution in [-0.4, -0.2) is 38.1 Å². The first kappa shape index (κ1) is 12.7. The minimum absolute atomic E-state index is 0.0271. The number of rotatable bonds is 3. The summed E-state index contributed by atoms with van der Waals surface area (Å²) < 4.78 is 5.12. The van der Waals surface area contributed by atoms with E-state index in [1.807, 2.05) is 7.05 Å². The Hall–Kier alpha value is -1.75. The Morgan fingerprint density at radius 1 is 1.56 bits per heavy atom. The zero-order valence-electron chi connectivity index (χ0n) is 10.8. The van der Waals surface area contributed by atoms with Crippen molar-refractivity contribution in [3.8, 4) is 5.75 Å². The average Bonchev–Trinajstić information content (AvgIpc) is 2.79. The molecular formula is C13H19N3O2. The van der Waals surface area contributed by atoms with E-state index in [1.165, 1.54) is 0 Å². The number of ether oxygens (including phenoxy) is 1. The van der Waals surface area contributed by atoms with Crippen molar-refractivity contribution in [3.05, 3.63) is 18.2 Å². The third-order valence-electron chi connectivity index (χ3n) is 3.28. The molecule has 1 amide bonds. The van der Waals surface area contributed by atoms with Crippen LogP contribution in [0.3, 0.4) is 0 Å². The molecule has 2 rings (SSSR count). The third-order valence-corrected chi connectivity index (χ3v) is 3.28. The lowest BCUT2D eigenvalue weighted by Crippen LogP contribution is -2.25. The molecule has 1 atom stereocenters. The van der Waals surface area contributed by atoms with Crippen molar-refractivity contribution >= 4 is 17.3 Å². The molecule has 98 valence electrons. The molecule has 0 aromatic heterocycles. The van der Waals surface area contributed by atoms with Gasteiger partial charge in [0.25, 0.3) is 0 Å². The summed E-state index contributed by atoms with van der Waals surface area (Å²) in [6.07, 6.45) is 0.895. The lowest BCUT2D eigenvalue weighted by Gasteiger charge is -2.13. The topological polar surface area (TPSA) is 67.6 Å². The summed E-state index contributed by atoms with van der Waals surface area (Å²) in [4.78, 5) is 14.2. The summed E-state index contributed by atoms with van der Waals surface area (Å²) in [5.41, 5.74) is 7.01. The van der Waals surface area contributed by atoms with Gasteiger partial charge in [-0.25, -0.2) is 0 Å². The van der Waals surface area contributed by atoms with Crippen LogP contribution in [0.1, 0.15) is 6.42 Å². The van der Waals surface area contributed by atoms with Crippen LogP contribution in [0, 0.1) is 5.92 Å². The fraction of sp³-hybridized carbons (Fsp3) is 0.462. The molecule has 5 nitrogen and oxygen atoms in total. The van der Waals surface area contributed by atoms with Crippen LogP contribution in [0.15, 0.2) is 18.2 Å². The van der Waals surface area contributed by atoms with Crippen LogP contribution in [-0.2, 0) is 4.79 Å². The number of benzene rings is 1. The quantitative estimate of drug-likeness (QED) is 0.789. The number of carbonyl (C=O) groups is 1. The molecule has 1 heterocycles. The molecule has 1 aromatic carbocycles. The maximum Gasteiger partial charge on any atom is 0.228 e. The average molecular weight is 249 g/mol. The highest BCUT2D eigenvalue weighted by atomic mass is 16.5. The zero-order valence-corrected chi connectivity index (χ0v) is 10.8. The summed E-state index contributed by atoms with van der Waals surface area (Å²) in [5.74, 6) is 0.753. The van der Waals surface area contributed by atoms with Gasteiger partial charge in [-0.2, -0.15) is 0 Å². The number of likely N-dealkylation sites (tertiary alicyclic amines) is 1. The second kappa shape index (κ2) is 5.27.